The van der Waals surface area contributed by atoms with Gasteiger partial charge in [0.1, 0.15) is 5.69 Å². The number of benzene rings is 1. The number of halogens is 3. The summed E-state index contributed by atoms with van der Waals surface area (Å²) in [4.78, 5) is 17.8. The van der Waals surface area contributed by atoms with E-state index in [1.807, 2.05) is 30.3 Å². The van der Waals surface area contributed by atoms with Crippen molar-refractivity contribution in [1.29, 1.82) is 0 Å². The van der Waals surface area contributed by atoms with Crippen LogP contribution < -0.4 is 5.73 Å². The van der Waals surface area contributed by atoms with Crippen LogP contribution in [-0.4, -0.2) is 35.4 Å². The summed E-state index contributed by atoms with van der Waals surface area (Å²) >= 11 is 0. The van der Waals surface area contributed by atoms with Gasteiger partial charge in [0.25, 0.3) is 5.91 Å². The van der Waals surface area contributed by atoms with Gasteiger partial charge in [0, 0.05) is 19.6 Å². The van der Waals surface area contributed by atoms with E-state index in [4.69, 9.17) is 5.73 Å². The molecule has 1 aromatic carbocycles. The Bertz CT molecular complexity index is 717. The maximum Gasteiger partial charge on any atom is 0.433 e. The summed E-state index contributed by atoms with van der Waals surface area (Å²) in [7, 11) is 0. The third-order valence-electron chi connectivity index (χ3n) is 3.81. The van der Waals surface area contributed by atoms with Gasteiger partial charge in [0.2, 0.25) is 0 Å². The van der Waals surface area contributed by atoms with Gasteiger partial charge in [-0.2, -0.15) is 13.2 Å². The zero-order valence-corrected chi connectivity index (χ0v) is 13.9. The number of pyridine rings is 1. The fraction of sp³-hybridized carbons (Fsp3) is 0.333. The fourth-order valence-electron chi connectivity index (χ4n) is 2.49. The van der Waals surface area contributed by atoms with E-state index in [0.29, 0.717) is 19.5 Å². The van der Waals surface area contributed by atoms with Gasteiger partial charge in [0.15, 0.2) is 0 Å². The Morgan fingerprint density at radius 2 is 1.80 bits per heavy atom. The van der Waals surface area contributed by atoms with Crippen LogP contribution in [0, 0.1) is 6.92 Å². The van der Waals surface area contributed by atoms with Gasteiger partial charge >= 0.3 is 6.18 Å². The zero-order valence-electron chi connectivity index (χ0n) is 13.9. The van der Waals surface area contributed by atoms with Crippen molar-refractivity contribution in [3.63, 3.8) is 0 Å². The third kappa shape index (κ3) is 5.03. The van der Waals surface area contributed by atoms with Gasteiger partial charge in [-0.1, -0.05) is 30.3 Å². The summed E-state index contributed by atoms with van der Waals surface area (Å²) in [5.41, 5.74) is 5.86. The van der Waals surface area contributed by atoms with E-state index < -0.39 is 11.9 Å². The molecule has 0 aliphatic heterocycles. The van der Waals surface area contributed by atoms with Gasteiger partial charge in [-0.05, 0) is 31.0 Å². The molecule has 0 saturated heterocycles. The summed E-state index contributed by atoms with van der Waals surface area (Å²) in [6, 6.07) is 11.6. The molecular formula is C18H20F3N3O. The van der Waals surface area contributed by atoms with Crippen LogP contribution in [0.15, 0.2) is 42.5 Å². The van der Waals surface area contributed by atoms with Crippen LogP contribution in [0.25, 0.3) is 0 Å². The Morgan fingerprint density at radius 1 is 1.12 bits per heavy atom. The number of nitrogens with two attached hydrogens (primary N) is 1. The van der Waals surface area contributed by atoms with Gasteiger partial charge in [-0.3, -0.25) is 4.79 Å². The number of aromatic nitrogens is 1. The van der Waals surface area contributed by atoms with Crippen LogP contribution in [-0.2, 0) is 12.6 Å². The Kier molecular flexibility index (Phi) is 6.14. The van der Waals surface area contributed by atoms with Crippen LogP contribution in [0.1, 0.15) is 27.3 Å². The highest BCUT2D eigenvalue weighted by atomic mass is 19.4. The second-order valence-electron chi connectivity index (χ2n) is 5.64. The number of alkyl halides is 3. The number of hydrogen-bond acceptors (Lipinski definition) is 3. The number of amides is 1. The first-order chi connectivity index (χ1) is 11.8. The molecule has 2 rings (SSSR count). The Labute approximate surface area is 144 Å². The number of rotatable bonds is 6. The number of aryl methyl sites for hydroxylation is 1. The lowest BCUT2D eigenvalue weighted by Crippen LogP contribution is -2.37. The predicted octanol–water partition coefficient (Wildman–Crippen LogP) is 3.05. The summed E-state index contributed by atoms with van der Waals surface area (Å²) in [5.74, 6) is -0.361. The highest BCUT2D eigenvalue weighted by Crippen LogP contribution is 2.28. The molecule has 0 aliphatic rings. The maximum atomic E-state index is 12.7. The average molecular weight is 351 g/mol. The number of nitrogens with zero attached hydrogens (tertiary/aromatic N) is 2. The first kappa shape index (κ1) is 18.9. The minimum atomic E-state index is -4.53. The van der Waals surface area contributed by atoms with Crippen LogP contribution in [0.4, 0.5) is 13.2 Å². The molecule has 0 aliphatic carbocycles. The minimum Gasteiger partial charge on any atom is -0.337 e. The highest BCUT2D eigenvalue weighted by Gasteiger charge is 2.33. The molecule has 1 heterocycles. The molecular weight excluding hydrogens is 331 g/mol. The highest BCUT2D eigenvalue weighted by molar-refractivity contribution is 5.95. The lowest BCUT2D eigenvalue weighted by atomic mass is 10.1. The normalized spacial score (nSPS) is 11.4. The summed E-state index contributed by atoms with van der Waals surface area (Å²) in [6.07, 6.45) is -3.89. The SMILES string of the molecule is Cc1nc(C(F)(F)F)ccc1C(=O)N(CCN)CCc1ccccc1. The smallest absolute Gasteiger partial charge is 0.337 e. The topological polar surface area (TPSA) is 59.2 Å². The van der Waals surface area contributed by atoms with Crippen LogP contribution in [0.2, 0.25) is 0 Å². The maximum absolute atomic E-state index is 12.7. The summed E-state index contributed by atoms with van der Waals surface area (Å²) in [5, 5.41) is 0. The standard InChI is InChI=1S/C18H20F3N3O/c1-13-15(7-8-16(23-13)18(19,20)21)17(25)24(12-10-22)11-9-14-5-3-2-4-6-14/h2-8H,9-12,22H2,1H3. The van der Waals surface area contributed by atoms with Crippen molar-refractivity contribution < 1.29 is 18.0 Å². The molecule has 4 nitrogen and oxygen atoms in total. The molecule has 0 saturated carbocycles. The largest absolute Gasteiger partial charge is 0.433 e. The zero-order chi connectivity index (χ0) is 18.4. The summed E-state index contributed by atoms with van der Waals surface area (Å²) in [6.45, 7) is 2.43. The van der Waals surface area contributed by atoms with E-state index >= 15 is 0 Å². The molecule has 2 aromatic rings. The van der Waals surface area contributed by atoms with E-state index in [1.54, 1.807) is 4.90 Å². The Hall–Kier alpha value is -2.41. The van der Waals surface area contributed by atoms with E-state index in [0.717, 1.165) is 11.6 Å². The van der Waals surface area contributed by atoms with E-state index in [9.17, 15) is 18.0 Å². The van der Waals surface area contributed by atoms with Crippen LogP contribution in [0.3, 0.4) is 0 Å². The van der Waals surface area contributed by atoms with Crippen LogP contribution in [0.5, 0.6) is 0 Å². The quantitative estimate of drug-likeness (QED) is 0.870. The van der Waals surface area contributed by atoms with E-state index in [1.165, 1.54) is 13.0 Å². The van der Waals surface area contributed by atoms with E-state index in [2.05, 4.69) is 4.98 Å². The Morgan fingerprint density at radius 3 is 2.36 bits per heavy atom. The lowest BCUT2D eigenvalue weighted by Gasteiger charge is -2.23. The molecule has 0 spiro atoms. The molecule has 134 valence electrons. The average Bonchev–Trinajstić information content (AvgIpc) is 2.58. The number of hydrogen-bond donors (Lipinski definition) is 1. The van der Waals surface area contributed by atoms with Crippen molar-refractivity contribution >= 4 is 5.91 Å². The molecule has 1 aromatic heterocycles. The molecule has 0 bridgehead atoms. The molecule has 0 radical (unpaired) electrons. The van der Waals surface area contributed by atoms with Crippen molar-refractivity contribution in [1.82, 2.24) is 9.88 Å². The molecule has 0 atom stereocenters. The second-order valence-corrected chi connectivity index (χ2v) is 5.64. The van der Waals surface area contributed by atoms with Crippen molar-refractivity contribution in [3.05, 3.63) is 65.0 Å². The molecule has 7 heteroatoms. The van der Waals surface area contributed by atoms with E-state index in [-0.39, 0.29) is 23.7 Å². The predicted molar refractivity (Wildman–Crippen MR) is 89.1 cm³/mol. The lowest BCUT2D eigenvalue weighted by molar-refractivity contribution is -0.141. The minimum absolute atomic E-state index is 0.0570. The molecule has 25 heavy (non-hydrogen) atoms. The van der Waals surface area contributed by atoms with Gasteiger partial charge < -0.3 is 10.6 Å². The first-order valence-corrected chi connectivity index (χ1v) is 7.91. The van der Waals surface area contributed by atoms with Crippen molar-refractivity contribution in [3.8, 4) is 0 Å². The molecule has 2 N–H and O–H groups in total. The number of carbonyl (C=O) groups is 1. The molecule has 0 fully saturated rings. The monoisotopic (exact) mass is 351 g/mol. The van der Waals surface area contributed by atoms with Crippen molar-refractivity contribution in [2.45, 2.75) is 19.5 Å². The third-order valence-corrected chi connectivity index (χ3v) is 3.81. The van der Waals surface area contributed by atoms with Crippen molar-refractivity contribution in [2.24, 2.45) is 5.73 Å². The fourth-order valence-corrected chi connectivity index (χ4v) is 2.49. The number of carbonyl (C=O) groups excluding carboxylic acids is 1. The molecule has 0 unspecified atom stereocenters. The molecule has 1 amide bonds. The van der Waals surface area contributed by atoms with Gasteiger partial charge in [0.05, 0.1) is 11.3 Å². The van der Waals surface area contributed by atoms with Gasteiger partial charge in [-0.25, -0.2) is 4.98 Å². The second kappa shape index (κ2) is 8.11. The van der Waals surface area contributed by atoms with Crippen LogP contribution >= 0.6 is 0 Å². The van der Waals surface area contributed by atoms with Crippen molar-refractivity contribution in [2.75, 3.05) is 19.6 Å². The van der Waals surface area contributed by atoms with Gasteiger partial charge in [-0.15, -0.1) is 0 Å². The Balaban J connectivity index is 2.16. The summed E-state index contributed by atoms with van der Waals surface area (Å²) < 4.78 is 38.1. The first-order valence-electron chi connectivity index (χ1n) is 7.91.